The molecule has 0 unspecified atom stereocenters. The zero-order chi connectivity index (χ0) is 14.4. The van der Waals surface area contributed by atoms with E-state index in [1.807, 2.05) is 25.1 Å². The van der Waals surface area contributed by atoms with Gasteiger partial charge in [0.1, 0.15) is 5.75 Å². The molecule has 3 heteroatoms. The average molecular weight is 334 g/mol. The topological polar surface area (TPSA) is 21.3 Å². The zero-order valence-corrected chi connectivity index (χ0v) is 13.5. The van der Waals surface area contributed by atoms with Gasteiger partial charge < -0.3 is 10.1 Å². The van der Waals surface area contributed by atoms with Crippen molar-refractivity contribution in [3.63, 3.8) is 0 Å². The highest BCUT2D eigenvalue weighted by molar-refractivity contribution is 9.10. The molecule has 0 aliphatic rings. The highest BCUT2D eigenvalue weighted by Crippen LogP contribution is 2.18. The first-order valence-corrected chi connectivity index (χ1v) is 7.69. The summed E-state index contributed by atoms with van der Waals surface area (Å²) in [6, 6.07) is 17.0. The van der Waals surface area contributed by atoms with Gasteiger partial charge in [-0.3, -0.25) is 0 Å². The van der Waals surface area contributed by atoms with E-state index in [2.05, 4.69) is 58.5 Å². The van der Waals surface area contributed by atoms with Gasteiger partial charge in [-0.2, -0.15) is 0 Å². The van der Waals surface area contributed by atoms with E-state index < -0.39 is 0 Å². The lowest BCUT2D eigenvalue weighted by Crippen LogP contribution is -2.18. The Labute approximate surface area is 129 Å². The van der Waals surface area contributed by atoms with Crippen molar-refractivity contribution in [3.8, 4) is 5.75 Å². The van der Waals surface area contributed by atoms with Crippen LogP contribution in [0.15, 0.2) is 53.0 Å². The van der Waals surface area contributed by atoms with Crippen LogP contribution < -0.4 is 10.1 Å². The van der Waals surface area contributed by atoms with Crippen LogP contribution in [0.25, 0.3) is 0 Å². The van der Waals surface area contributed by atoms with Crippen molar-refractivity contribution >= 4 is 15.9 Å². The lowest BCUT2D eigenvalue weighted by molar-refractivity contribution is 0.340. The summed E-state index contributed by atoms with van der Waals surface area (Å²) in [6.45, 7) is 5.73. The molecule has 2 nitrogen and oxygen atoms in total. The molecule has 0 saturated heterocycles. The second-order valence-electron chi connectivity index (χ2n) is 4.73. The monoisotopic (exact) mass is 333 g/mol. The molecule has 2 aromatic carbocycles. The molecule has 0 aliphatic carbocycles. The maximum atomic E-state index is 5.44. The Balaban J connectivity index is 1.91. The van der Waals surface area contributed by atoms with E-state index in [9.17, 15) is 0 Å². The molecule has 0 amide bonds. The summed E-state index contributed by atoms with van der Waals surface area (Å²) < 4.78 is 6.56. The first-order chi connectivity index (χ1) is 9.69. The first-order valence-electron chi connectivity index (χ1n) is 6.89. The summed E-state index contributed by atoms with van der Waals surface area (Å²) in [6.07, 6.45) is 0. The molecule has 0 saturated carbocycles. The van der Waals surface area contributed by atoms with Gasteiger partial charge in [-0.15, -0.1) is 0 Å². The van der Waals surface area contributed by atoms with Gasteiger partial charge in [-0.05, 0) is 49.2 Å². The molecule has 0 aliphatic heterocycles. The van der Waals surface area contributed by atoms with Gasteiger partial charge in [0.2, 0.25) is 0 Å². The Morgan fingerprint density at radius 1 is 1.15 bits per heavy atom. The summed E-state index contributed by atoms with van der Waals surface area (Å²) in [5.74, 6) is 0.927. The Bertz CT molecular complexity index is 539. The maximum Gasteiger partial charge on any atom is 0.119 e. The lowest BCUT2D eigenvalue weighted by atomic mass is 10.1. The predicted molar refractivity (Wildman–Crippen MR) is 87.0 cm³/mol. The van der Waals surface area contributed by atoms with Gasteiger partial charge in [0.05, 0.1) is 6.61 Å². The molecule has 0 spiro atoms. The van der Waals surface area contributed by atoms with Crippen molar-refractivity contribution in [2.45, 2.75) is 26.4 Å². The van der Waals surface area contributed by atoms with Gasteiger partial charge in [0, 0.05) is 17.1 Å². The van der Waals surface area contributed by atoms with Crippen molar-refractivity contribution in [3.05, 3.63) is 64.1 Å². The van der Waals surface area contributed by atoms with E-state index in [1.165, 1.54) is 11.1 Å². The van der Waals surface area contributed by atoms with Crippen LogP contribution in [-0.4, -0.2) is 6.61 Å². The smallest absolute Gasteiger partial charge is 0.119 e. The van der Waals surface area contributed by atoms with Crippen molar-refractivity contribution in [1.29, 1.82) is 0 Å². The number of hydrogen-bond acceptors (Lipinski definition) is 2. The fourth-order valence-corrected chi connectivity index (χ4v) is 2.45. The molecular weight excluding hydrogens is 314 g/mol. The third-order valence-electron chi connectivity index (χ3n) is 3.20. The Morgan fingerprint density at radius 3 is 2.55 bits per heavy atom. The van der Waals surface area contributed by atoms with E-state index in [0.717, 1.165) is 16.8 Å². The number of rotatable bonds is 6. The molecule has 0 radical (unpaired) electrons. The fraction of sp³-hybridized carbons (Fsp3) is 0.294. The zero-order valence-electron chi connectivity index (χ0n) is 11.9. The Hall–Kier alpha value is -1.32. The average Bonchev–Trinajstić information content (AvgIpc) is 2.46. The molecule has 0 aromatic heterocycles. The second kappa shape index (κ2) is 7.46. The molecule has 2 aromatic rings. The van der Waals surface area contributed by atoms with E-state index >= 15 is 0 Å². The lowest BCUT2D eigenvalue weighted by Gasteiger charge is -2.15. The van der Waals surface area contributed by atoms with Crippen LogP contribution in [0.1, 0.15) is 31.0 Å². The molecule has 1 atom stereocenters. The van der Waals surface area contributed by atoms with Crippen molar-refractivity contribution in [2.75, 3.05) is 6.61 Å². The molecule has 0 fully saturated rings. The summed E-state index contributed by atoms with van der Waals surface area (Å²) >= 11 is 3.51. The summed E-state index contributed by atoms with van der Waals surface area (Å²) in [5, 5.41) is 3.53. The molecule has 1 N–H and O–H groups in total. The van der Waals surface area contributed by atoms with Gasteiger partial charge in [-0.25, -0.2) is 0 Å². The third-order valence-corrected chi connectivity index (χ3v) is 3.69. The Kier molecular flexibility index (Phi) is 5.62. The van der Waals surface area contributed by atoms with Crippen LogP contribution in [0.2, 0.25) is 0 Å². The molecule has 2 rings (SSSR count). The number of hydrogen-bond donors (Lipinski definition) is 1. The largest absolute Gasteiger partial charge is 0.494 e. The fourth-order valence-electron chi connectivity index (χ4n) is 2.03. The molecule has 20 heavy (non-hydrogen) atoms. The van der Waals surface area contributed by atoms with Crippen LogP contribution in [0.3, 0.4) is 0 Å². The van der Waals surface area contributed by atoms with Crippen LogP contribution in [0, 0.1) is 0 Å². The van der Waals surface area contributed by atoms with Crippen LogP contribution in [0.5, 0.6) is 5.75 Å². The normalized spacial score (nSPS) is 12.2. The molecule has 0 heterocycles. The molecule has 0 bridgehead atoms. The number of halogens is 1. The quantitative estimate of drug-likeness (QED) is 0.827. The van der Waals surface area contributed by atoms with Gasteiger partial charge >= 0.3 is 0 Å². The van der Waals surface area contributed by atoms with Crippen molar-refractivity contribution in [1.82, 2.24) is 5.32 Å². The van der Waals surface area contributed by atoms with Crippen molar-refractivity contribution in [2.24, 2.45) is 0 Å². The minimum atomic E-state index is 0.319. The third kappa shape index (κ3) is 4.36. The van der Waals surface area contributed by atoms with Crippen LogP contribution >= 0.6 is 15.9 Å². The Morgan fingerprint density at radius 2 is 1.90 bits per heavy atom. The SMILES string of the molecule is CCOc1ccc(CN[C@H](C)c2cccc(Br)c2)cc1. The molecular formula is C17H20BrNO. The van der Waals surface area contributed by atoms with Crippen LogP contribution in [0.4, 0.5) is 0 Å². The maximum absolute atomic E-state index is 5.44. The van der Waals surface area contributed by atoms with E-state index in [-0.39, 0.29) is 0 Å². The minimum Gasteiger partial charge on any atom is -0.494 e. The summed E-state index contributed by atoms with van der Waals surface area (Å²) in [7, 11) is 0. The highest BCUT2D eigenvalue weighted by atomic mass is 79.9. The summed E-state index contributed by atoms with van der Waals surface area (Å²) in [4.78, 5) is 0. The van der Waals surface area contributed by atoms with Gasteiger partial charge in [-0.1, -0.05) is 40.2 Å². The number of nitrogens with one attached hydrogen (secondary N) is 1. The predicted octanol–water partition coefficient (Wildman–Crippen LogP) is 4.70. The van der Waals surface area contributed by atoms with E-state index in [4.69, 9.17) is 4.74 Å². The summed E-state index contributed by atoms with van der Waals surface area (Å²) in [5.41, 5.74) is 2.54. The van der Waals surface area contributed by atoms with Gasteiger partial charge in [0.15, 0.2) is 0 Å². The number of ether oxygens (including phenoxy) is 1. The van der Waals surface area contributed by atoms with Crippen LogP contribution in [-0.2, 0) is 6.54 Å². The molecule has 106 valence electrons. The minimum absolute atomic E-state index is 0.319. The first kappa shape index (κ1) is 15.1. The van der Waals surface area contributed by atoms with E-state index in [1.54, 1.807) is 0 Å². The highest BCUT2D eigenvalue weighted by Gasteiger charge is 2.05. The van der Waals surface area contributed by atoms with Crippen molar-refractivity contribution < 1.29 is 4.74 Å². The van der Waals surface area contributed by atoms with E-state index in [0.29, 0.717) is 12.6 Å². The standard InChI is InChI=1S/C17H20BrNO/c1-3-20-17-9-7-14(8-10-17)12-19-13(2)15-5-4-6-16(18)11-15/h4-11,13,19H,3,12H2,1-2H3/t13-/m1/s1. The second-order valence-corrected chi connectivity index (χ2v) is 5.65. The van der Waals surface area contributed by atoms with Gasteiger partial charge in [0.25, 0.3) is 0 Å². The number of benzene rings is 2.